The zero-order valence-corrected chi connectivity index (χ0v) is 10.6. The summed E-state index contributed by atoms with van der Waals surface area (Å²) in [7, 11) is 0. The number of hydrogen-bond acceptors (Lipinski definition) is 2. The summed E-state index contributed by atoms with van der Waals surface area (Å²) in [6, 6.07) is 0. The molecular formula is C9H18S3. The van der Waals surface area contributed by atoms with E-state index >= 15 is 0 Å². The second-order valence-electron chi connectivity index (χ2n) is 3.58. The number of thiol groups is 1. The highest BCUT2D eigenvalue weighted by Crippen LogP contribution is 2.32. The second kappa shape index (κ2) is 6.28. The molecule has 0 saturated heterocycles. The molecule has 0 radical (unpaired) electrons. The van der Waals surface area contributed by atoms with Crippen LogP contribution in [0.25, 0.3) is 0 Å². The van der Waals surface area contributed by atoms with Crippen LogP contribution < -0.4 is 0 Å². The zero-order valence-electron chi connectivity index (χ0n) is 8.09. The van der Waals surface area contributed by atoms with Crippen molar-refractivity contribution in [1.82, 2.24) is 0 Å². The van der Waals surface area contributed by atoms with Crippen molar-refractivity contribution < 1.29 is 0 Å². The lowest BCUT2D eigenvalue weighted by Gasteiger charge is -2.22. The highest BCUT2D eigenvalue weighted by atomic mass is 32.2. The van der Waals surface area contributed by atoms with E-state index in [2.05, 4.69) is 33.4 Å². The first-order valence-electron chi connectivity index (χ1n) is 4.40. The second-order valence-corrected chi connectivity index (χ2v) is 7.02. The topological polar surface area (TPSA) is 0 Å². The van der Waals surface area contributed by atoms with Gasteiger partial charge in [0.25, 0.3) is 0 Å². The Labute approximate surface area is 91.3 Å². The van der Waals surface area contributed by atoms with Gasteiger partial charge in [-0.2, -0.15) is 0 Å². The van der Waals surface area contributed by atoms with Crippen LogP contribution in [0.1, 0.15) is 46.5 Å². The molecule has 3 heteroatoms. The number of rotatable bonds is 5. The molecule has 0 rings (SSSR count). The van der Waals surface area contributed by atoms with E-state index in [-0.39, 0.29) is 4.75 Å². The molecule has 0 N–H and O–H groups in total. The smallest absolute Gasteiger partial charge is 0.101 e. The molecule has 0 spiro atoms. The molecular weight excluding hydrogens is 204 g/mol. The van der Waals surface area contributed by atoms with E-state index in [1.54, 1.807) is 11.8 Å². The third kappa shape index (κ3) is 7.44. The Morgan fingerprint density at radius 2 is 2.00 bits per heavy atom. The van der Waals surface area contributed by atoms with Gasteiger partial charge in [0.1, 0.15) is 3.53 Å². The molecule has 0 unspecified atom stereocenters. The summed E-state index contributed by atoms with van der Waals surface area (Å²) < 4.78 is 1.03. The molecule has 0 aliphatic rings. The first kappa shape index (κ1) is 12.8. The fraction of sp³-hybridized carbons (Fsp3) is 0.889. The molecule has 0 saturated carbocycles. The van der Waals surface area contributed by atoms with Crippen LogP contribution in [0.3, 0.4) is 0 Å². The average Bonchev–Trinajstić information content (AvgIpc) is 1.84. The van der Waals surface area contributed by atoms with Crippen LogP contribution in [-0.2, 0) is 0 Å². The van der Waals surface area contributed by atoms with Gasteiger partial charge in [-0.25, -0.2) is 0 Å². The van der Waals surface area contributed by atoms with Crippen LogP contribution in [0.2, 0.25) is 0 Å². The maximum Gasteiger partial charge on any atom is 0.101 e. The van der Waals surface area contributed by atoms with Crippen molar-refractivity contribution in [2.24, 2.45) is 0 Å². The van der Waals surface area contributed by atoms with Gasteiger partial charge in [0.2, 0.25) is 0 Å². The van der Waals surface area contributed by atoms with Gasteiger partial charge in [0.15, 0.2) is 0 Å². The minimum absolute atomic E-state index is 0.272. The Balaban J connectivity index is 3.63. The van der Waals surface area contributed by atoms with Gasteiger partial charge in [-0.05, 0) is 6.42 Å². The first-order chi connectivity index (χ1) is 5.48. The maximum atomic E-state index is 4.95. The van der Waals surface area contributed by atoms with Gasteiger partial charge in [0, 0.05) is 4.75 Å². The summed E-state index contributed by atoms with van der Waals surface area (Å²) >= 11 is 10.8. The molecule has 0 fully saturated rings. The SMILES string of the molecule is CCCCCC(C)(C)SC(=S)S. The Morgan fingerprint density at radius 3 is 2.42 bits per heavy atom. The van der Waals surface area contributed by atoms with Gasteiger partial charge < -0.3 is 0 Å². The lowest BCUT2D eigenvalue weighted by molar-refractivity contribution is 0.575. The minimum Gasteiger partial charge on any atom is -0.125 e. The molecule has 0 heterocycles. The molecule has 0 bridgehead atoms. The normalized spacial score (nSPS) is 11.7. The quantitative estimate of drug-likeness (QED) is 0.418. The Bertz CT molecular complexity index is 141. The standard InChI is InChI=1S/C9H18S3/c1-4-5-6-7-9(2,3)12-8(10)11/h4-7H2,1-3H3,(H,10,11). The number of thioether (sulfide) groups is 1. The summed E-state index contributed by atoms with van der Waals surface area (Å²) in [6.45, 7) is 6.69. The predicted octanol–water partition coefficient (Wildman–Crippen LogP) is 4.29. The lowest BCUT2D eigenvalue weighted by atomic mass is 10.0. The number of unbranched alkanes of at least 4 members (excludes halogenated alkanes) is 2. The van der Waals surface area contributed by atoms with Gasteiger partial charge in [-0.15, -0.1) is 24.4 Å². The first-order valence-corrected chi connectivity index (χ1v) is 6.07. The van der Waals surface area contributed by atoms with Gasteiger partial charge in [0.05, 0.1) is 0 Å². The molecule has 0 aromatic heterocycles. The fourth-order valence-corrected chi connectivity index (χ4v) is 3.23. The third-order valence-corrected chi connectivity index (χ3v) is 3.20. The molecule has 0 aliphatic carbocycles. The monoisotopic (exact) mass is 222 g/mol. The van der Waals surface area contributed by atoms with Gasteiger partial charge >= 0.3 is 0 Å². The van der Waals surface area contributed by atoms with Crippen LogP contribution in [-0.4, -0.2) is 8.28 Å². The summed E-state index contributed by atoms with van der Waals surface area (Å²) in [6.07, 6.45) is 5.13. The van der Waals surface area contributed by atoms with Crippen molar-refractivity contribution in [2.75, 3.05) is 0 Å². The largest absolute Gasteiger partial charge is 0.125 e. The summed E-state index contributed by atoms with van der Waals surface area (Å²) in [5.74, 6) is 0. The van der Waals surface area contributed by atoms with Crippen molar-refractivity contribution >= 4 is 40.1 Å². The molecule has 0 aliphatic heterocycles. The van der Waals surface area contributed by atoms with E-state index in [0.29, 0.717) is 0 Å². The minimum atomic E-state index is 0.272. The maximum absolute atomic E-state index is 4.95. The summed E-state index contributed by atoms with van der Waals surface area (Å²) in [4.78, 5) is 0. The Morgan fingerprint density at radius 1 is 1.42 bits per heavy atom. The molecule has 0 amide bonds. The highest BCUT2D eigenvalue weighted by molar-refractivity contribution is 8.42. The van der Waals surface area contributed by atoms with E-state index < -0.39 is 0 Å². The number of thiocarbonyl (C=S) groups is 1. The molecule has 0 atom stereocenters. The van der Waals surface area contributed by atoms with Crippen LogP contribution in [0.4, 0.5) is 0 Å². The number of hydrogen-bond donors (Lipinski definition) is 1. The van der Waals surface area contributed by atoms with Crippen LogP contribution >= 0.6 is 36.6 Å². The molecule has 0 nitrogen and oxygen atoms in total. The van der Waals surface area contributed by atoms with E-state index in [9.17, 15) is 0 Å². The van der Waals surface area contributed by atoms with Crippen molar-refractivity contribution in [1.29, 1.82) is 0 Å². The Kier molecular flexibility index (Phi) is 6.69. The van der Waals surface area contributed by atoms with E-state index in [1.807, 2.05) is 0 Å². The molecule has 0 aromatic rings. The molecule has 0 aromatic carbocycles. The van der Waals surface area contributed by atoms with Crippen molar-refractivity contribution in [3.05, 3.63) is 0 Å². The molecule has 12 heavy (non-hydrogen) atoms. The predicted molar refractivity (Wildman–Crippen MR) is 67.4 cm³/mol. The van der Waals surface area contributed by atoms with Crippen LogP contribution in [0, 0.1) is 0 Å². The Hall–Kier alpha value is 0.790. The van der Waals surface area contributed by atoms with Crippen molar-refractivity contribution in [2.45, 2.75) is 51.2 Å². The van der Waals surface area contributed by atoms with Crippen molar-refractivity contribution in [3.8, 4) is 0 Å². The summed E-state index contributed by atoms with van der Waals surface area (Å²) in [5, 5.41) is 0. The average molecular weight is 222 g/mol. The van der Waals surface area contributed by atoms with E-state index in [0.717, 1.165) is 3.53 Å². The zero-order chi connectivity index (χ0) is 9.61. The lowest BCUT2D eigenvalue weighted by Crippen LogP contribution is -2.15. The highest BCUT2D eigenvalue weighted by Gasteiger charge is 2.18. The molecule has 72 valence electrons. The third-order valence-electron chi connectivity index (χ3n) is 1.75. The van der Waals surface area contributed by atoms with Crippen molar-refractivity contribution in [3.63, 3.8) is 0 Å². The summed E-state index contributed by atoms with van der Waals surface area (Å²) in [5.41, 5.74) is 0. The van der Waals surface area contributed by atoms with Crippen LogP contribution in [0.5, 0.6) is 0 Å². The van der Waals surface area contributed by atoms with Crippen LogP contribution in [0.15, 0.2) is 0 Å². The fourth-order valence-electron chi connectivity index (χ4n) is 1.09. The van der Waals surface area contributed by atoms with E-state index in [4.69, 9.17) is 12.2 Å². The van der Waals surface area contributed by atoms with Gasteiger partial charge in [-0.3, -0.25) is 0 Å². The van der Waals surface area contributed by atoms with Gasteiger partial charge in [-0.1, -0.05) is 52.3 Å². The van der Waals surface area contributed by atoms with E-state index in [1.165, 1.54) is 25.7 Å².